The molecule has 2 aromatic heterocycles. The molecule has 0 aliphatic carbocycles. The highest BCUT2D eigenvalue weighted by Gasteiger charge is 2.29. The molecule has 1 aliphatic heterocycles. The first-order chi connectivity index (χ1) is 13.4. The number of imidazole rings is 1. The minimum atomic E-state index is -0.475. The van der Waals surface area contributed by atoms with Crippen molar-refractivity contribution in [2.24, 2.45) is 0 Å². The summed E-state index contributed by atoms with van der Waals surface area (Å²) in [7, 11) is 0. The molecular weight excluding hydrogens is 356 g/mol. The number of anilines is 1. The van der Waals surface area contributed by atoms with Crippen molar-refractivity contribution in [3.8, 4) is 11.3 Å². The van der Waals surface area contributed by atoms with E-state index in [1.54, 1.807) is 16.3 Å². The van der Waals surface area contributed by atoms with Gasteiger partial charge in [-0.15, -0.1) is 0 Å². The molecule has 144 valence electrons. The van der Waals surface area contributed by atoms with Crippen LogP contribution in [0, 0.1) is 13.8 Å². The summed E-state index contributed by atoms with van der Waals surface area (Å²) in [4.78, 5) is 34.9. The monoisotopic (exact) mass is 378 g/mol. The van der Waals surface area contributed by atoms with E-state index in [0.717, 1.165) is 29.1 Å². The van der Waals surface area contributed by atoms with Gasteiger partial charge in [0.05, 0.1) is 23.3 Å². The second-order valence-electron chi connectivity index (χ2n) is 7.09. The summed E-state index contributed by atoms with van der Waals surface area (Å²) in [5, 5.41) is 7.32. The van der Waals surface area contributed by atoms with Gasteiger partial charge in [0.1, 0.15) is 6.04 Å². The molecule has 1 aliphatic rings. The number of likely N-dealkylation sites (tertiary alicyclic amines) is 1. The summed E-state index contributed by atoms with van der Waals surface area (Å²) >= 11 is 0. The van der Waals surface area contributed by atoms with E-state index in [-0.39, 0.29) is 11.8 Å². The van der Waals surface area contributed by atoms with E-state index in [1.165, 1.54) is 0 Å². The lowest BCUT2D eigenvalue weighted by molar-refractivity contribution is -0.134. The number of nitrogens with zero attached hydrogens (tertiary/aromatic N) is 5. The number of hydrogen-bond acceptors (Lipinski definition) is 5. The van der Waals surface area contributed by atoms with Gasteiger partial charge in [-0.25, -0.2) is 14.5 Å². The van der Waals surface area contributed by atoms with E-state index in [9.17, 15) is 9.59 Å². The second-order valence-corrected chi connectivity index (χ2v) is 7.09. The van der Waals surface area contributed by atoms with Crippen LogP contribution in [0.3, 0.4) is 0 Å². The predicted molar refractivity (Wildman–Crippen MR) is 105 cm³/mol. The van der Waals surface area contributed by atoms with Gasteiger partial charge in [-0.2, -0.15) is 5.10 Å². The third-order valence-corrected chi connectivity index (χ3v) is 5.12. The van der Waals surface area contributed by atoms with E-state index in [0.29, 0.717) is 24.4 Å². The fourth-order valence-electron chi connectivity index (χ4n) is 3.31. The van der Waals surface area contributed by atoms with Crippen LogP contribution in [-0.2, 0) is 9.59 Å². The lowest BCUT2D eigenvalue weighted by atomic mass is 10.1. The van der Waals surface area contributed by atoms with Crippen molar-refractivity contribution in [1.29, 1.82) is 0 Å². The molecule has 1 fully saturated rings. The number of benzene rings is 1. The normalized spacial score (nSPS) is 15.2. The first-order valence-electron chi connectivity index (χ1n) is 9.34. The first kappa shape index (κ1) is 18.1. The summed E-state index contributed by atoms with van der Waals surface area (Å²) < 4.78 is 1.67. The summed E-state index contributed by atoms with van der Waals surface area (Å²) in [6.45, 7) is 6.22. The summed E-state index contributed by atoms with van der Waals surface area (Å²) in [6, 6.07) is 6.96. The van der Waals surface area contributed by atoms with Crippen molar-refractivity contribution in [3.05, 3.63) is 41.9 Å². The number of carbonyl (C=O) groups is 2. The number of nitrogens with one attached hydrogen (secondary N) is 1. The molecule has 1 N–H and O–H groups in total. The van der Waals surface area contributed by atoms with Gasteiger partial charge >= 0.3 is 0 Å². The van der Waals surface area contributed by atoms with Gasteiger partial charge in [0, 0.05) is 24.2 Å². The first-order valence-corrected chi connectivity index (χ1v) is 9.34. The van der Waals surface area contributed by atoms with E-state index >= 15 is 0 Å². The Kier molecular flexibility index (Phi) is 4.54. The van der Waals surface area contributed by atoms with E-state index < -0.39 is 6.04 Å². The standard InChI is InChI=1S/C20H22N6O2/c1-12-13(2)24-26-11-17(23-20(26)21-12)15-6-8-16(9-7-15)22-19(28)14(3)25-10-4-5-18(25)27/h6-9,11,14H,4-5,10H2,1-3H3,(H,22,28)/t14-/m0/s1. The Balaban J connectivity index is 1.49. The fraction of sp³-hybridized carbons (Fsp3) is 0.350. The number of aryl methyl sites for hydroxylation is 2. The largest absolute Gasteiger partial charge is 0.331 e. The maximum atomic E-state index is 12.4. The zero-order valence-corrected chi connectivity index (χ0v) is 16.1. The van der Waals surface area contributed by atoms with Gasteiger partial charge < -0.3 is 10.2 Å². The Morgan fingerprint density at radius 3 is 2.57 bits per heavy atom. The smallest absolute Gasteiger partial charge is 0.251 e. The SMILES string of the molecule is Cc1nc2nc(-c3ccc(NC(=O)[C@H](C)N4CCCC4=O)cc3)cn2nc1C. The van der Waals surface area contributed by atoms with Gasteiger partial charge in [0.25, 0.3) is 5.78 Å². The average Bonchev–Trinajstić information content (AvgIpc) is 3.28. The van der Waals surface area contributed by atoms with Crippen molar-refractivity contribution in [2.45, 2.75) is 39.7 Å². The molecule has 1 aromatic carbocycles. The van der Waals surface area contributed by atoms with Crippen molar-refractivity contribution in [2.75, 3.05) is 11.9 Å². The van der Waals surface area contributed by atoms with Crippen molar-refractivity contribution in [3.63, 3.8) is 0 Å². The van der Waals surface area contributed by atoms with Crippen molar-refractivity contribution < 1.29 is 9.59 Å². The third-order valence-electron chi connectivity index (χ3n) is 5.12. The highest BCUT2D eigenvalue weighted by Crippen LogP contribution is 2.22. The van der Waals surface area contributed by atoms with Crippen LogP contribution in [0.4, 0.5) is 5.69 Å². The molecule has 1 saturated heterocycles. The van der Waals surface area contributed by atoms with Gasteiger partial charge in [0.15, 0.2) is 0 Å². The van der Waals surface area contributed by atoms with E-state index in [4.69, 9.17) is 0 Å². The van der Waals surface area contributed by atoms with E-state index in [2.05, 4.69) is 20.4 Å². The van der Waals surface area contributed by atoms with Gasteiger partial charge in [-0.3, -0.25) is 9.59 Å². The highest BCUT2D eigenvalue weighted by atomic mass is 16.2. The molecule has 0 saturated carbocycles. The zero-order chi connectivity index (χ0) is 19.8. The average molecular weight is 378 g/mol. The third kappa shape index (κ3) is 3.33. The predicted octanol–water partition coefficient (Wildman–Crippen LogP) is 2.36. The minimum Gasteiger partial charge on any atom is -0.331 e. The van der Waals surface area contributed by atoms with Crippen molar-refractivity contribution >= 4 is 23.3 Å². The summed E-state index contributed by atoms with van der Waals surface area (Å²) in [5.74, 6) is 0.409. The summed E-state index contributed by atoms with van der Waals surface area (Å²) in [6.07, 6.45) is 3.17. The molecule has 3 aromatic rings. The Hall–Kier alpha value is -3.29. The number of carbonyl (C=O) groups excluding carboxylic acids is 2. The van der Waals surface area contributed by atoms with Crippen LogP contribution >= 0.6 is 0 Å². The molecule has 1 atom stereocenters. The maximum Gasteiger partial charge on any atom is 0.251 e. The summed E-state index contributed by atoms with van der Waals surface area (Å²) in [5.41, 5.74) is 4.06. The maximum absolute atomic E-state index is 12.4. The Bertz CT molecular complexity index is 1020. The lowest BCUT2D eigenvalue weighted by Crippen LogP contribution is -2.42. The Morgan fingerprint density at radius 2 is 1.89 bits per heavy atom. The molecule has 28 heavy (non-hydrogen) atoms. The molecule has 0 bridgehead atoms. The molecule has 3 heterocycles. The van der Waals surface area contributed by atoms with Crippen LogP contribution in [0.1, 0.15) is 31.2 Å². The van der Waals surface area contributed by atoms with Crippen LogP contribution < -0.4 is 5.32 Å². The Morgan fingerprint density at radius 1 is 1.14 bits per heavy atom. The van der Waals surface area contributed by atoms with Gasteiger partial charge in [0.2, 0.25) is 11.8 Å². The molecule has 0 radical (unpaired) electrons. The molecule has 4 rings (SSSR count). The minimum absolute atomic E-state index is 0.0394. The van der Waals surface area contributed by atoms with Crippen molar-refractivity contribution in [1.82, 2.24) is 24.5 Å². The molecule has 8 heteroatoms. The van der Waals surface area contributed by atoms with Crippen LogP contribution in [0.2, 0.25) is 0 Å². The number of rotatable bonds is 4. The number of fused-ring (bicyclic) bond motifs is 1. The lowest BCUT2D eigenvalue weighted by Gasteiger charge is -2.23. The van der Waals surface area contributed by atoms with Crippen LogP contribution in [-0.4, -0.2) is 48.9 Å². The number of aromatic nitrogens is 4. The van der Waals surface area contributed by atoms with Crippen LogP contribution in [0.25, 0.3) is 17.0 Å². The van der Waals surface area contributed by atoms with Crippen LogP contribution in [0.5, 0.6) is 0 Å². The Labute approximate surface area is 162 Å². The molecule has 0 unspecified atom stereocenters. The molecular formula is C20H22N6O2. The molecule has 2 amide bonds. The zero-order valence-electron chi connectivity index (χ0n) is 16.1. The quantitative estimate of drug-likeness (QED) is 0.752. The molecule has 0 spiro atoms. The number of amides is 2. The topological polar surface area (TPSA) is 92.5 Å². The highest BCUT2D eigenvalue weighted by molar-refractivity contribution is 5.97. The fourth-order valence-corrected chi connectivity index (χ4v) is 3.31. The van der Waals surface area contributed by atoms with Gasteiger partial charge in [-0.1, -0.05) is 12.1 Å². The van der Waals surface area contributed by atoms with Gasteiger partial charge in [-0.05, 0) is 39.3 Å². The van der Waals surface area contributed by atoms with Crippen LogP contribution in [0.15, 0.2) is 30.5 Å². The number of hydrogen-bond donors (Lipinski definition) is 1. The van der Waals surface area contributed by atoms with E-state index in [1.807, 2.05) is 44.3 Å². The second kappa shape index (κ2) is 7.03. The molecule has 8 nitrogen and oxygen atoms in total.